The first-order valence-corrected chi connectivity index (χ1v) is 13.6. The number of fused-ring (bicyclic) bond motifs is 1. The Hall–Kier alpha value is -3.22. The zero-order valence-corrected chi connectivity index (χ0v) is 23.8. The van der Waals surface area contributed by atoms with Crippen LogP contribution in [0.15, 0.2) is 36.4 Å². The standard InChI is InChI=1S/C25H31N3O4.C3H8.C2H6/c1-15(2)32-19-10-8-17(9-11-19)26-25-27-21-13-20(24(29)30)23(31-4)14-22(21)28(25)18-7-5-6-16(3)12-18;1-3-2;1-2/h8-11,13-16,18H,5-7,12H2,1-4H3,(H,26,27)(H,29,30);3H2,1-2H3;1-2H3. The van der Waals surface area contributed by atoms with Crippen LogP contribution >= 0.6 is 0 Å². The highest BCUT2D eigenvalue weighted by Gasteiger charge is 2.26. The topological polar surface area (TPSA) is 85.6 Å². The summed E-state index contributed by atoms with van der Waals surface area (Å²) < 4.78 is 13.4. The molecule has 0 spiro atoms. The number of ether oxygens (including phenoxy) is 2. The molecule has 1 heterocycles. The number of carbonyl (C=O) groups is 1. The van der Waals surface area contributed by atoms with Crippen molar-refractivity contribution in [3.8, 4) is 11.5 Å². The summed E-state index contributed by atoms with van der Waals surface area (Å²) in [5, 5.41) is 13.0. The van der Waals surface area contributed by atoms with Gasteiger partial charge in [0.15, 0.2) is 0 Å². The molecule has 3 aromatic rings. The molecule has 37 heavy (non-hydrogen) atoms. The van der Waals surface area contributed by atoms with E-state index >= 15 is 0 Å². The van der Waals surface area contributed by atoms with Crippen molar-refractivity contribution in [2.45, 2.75) is 92.7 Å². The predicted octanol–water partition coefficient (Wildman–Crippen LogP) is 8.47. The Kier molecular flexibility index (Phi) is 11.8. The normalized spacial score (nSPS) is 16.8. The number of methoxy groups -OCH3 is 1. The molecule has 7 heteroatoms. The lowest BCUT2D eigenvalue weighted by Crippen LogP contribution is -2.19. The summed E-state index contributed by atoms with van der Waals surface area (Å²) in [6, 6.07) is 11.5. The number of aromatic carboxylic acids is 1. The van der Waals surface area contributed by atoms with Gasteiger partial charge in [0.25, 0.3) is 0 Å². The van der Waals surface area contributed by atoms with Gasteiger partial charge in [0.2, 0.25) is 5.95 Å². The number of carboxylic acid groups (broad SMARTS) is 1. The molecule has 1 aromatic heterocycles. The number of imidazole rings is 1. The van der Waals surface area contributed by atoms with Crippen molar-refractivity contribution in [2.24, 2.45) is 5.92 Å². The van der Waals surface area contributed by atoms with Crippen molar-refractivity contribution >= 4 is 28.6 Å². The van der Waals surface area contributed by atoms with Gasteiger partial charge in [-0.3, -0.25) is 0 Å². The quantitative estimate of drug-likeness (QED) is 0.331. The number of aromatic nitrogens is 2. The molecule has 2 aromatic carbocycles. The number of benzene rings is 2. The second-order valence-corrected chi connectivity index (χ2v) is 9.60. The van der Waals surface area contributed by atoms with E-state index in [9.17, 15) is 9.90 Å². The Morgan fingerprint density at radius 1 is 1.16 bits per heavy atom. The van der Waals surface area contributed by atoms with Gasteiger partial charge < -0.3 is 24.5 Å². The molecule has 0 bridgehead atoms. The molecule has 0 saturated heterocycles. The van der Waals surface area contributed by atoms with Gasteiger partial charge in [0.1, 0.15) is 17.1 Å². The molecule has 0 amide bonds. The van der Waals surface area contributed by atoms with E-state index in [0.717, 1.165) is 36.2 Å². The van der Waals surface area contributed by atoms with Crippen molar-refractivity contribution in [1.29, 1.82) is 0 Å². The fraction of sp³-hybridized carbons (Fsp3) is 0.533. The number of hydrogen-bond acceptors (Lipinski definition) is 5. The Balaban J connectivity index is 0.000000898. The maximum absolute atomic E-state index is 11.7. The first kappa shape index (κ1) is 30.0. The first-order chi connectivity index (χ1) is 17.8. The highest BCUT2D eigenvalue weighted by Crippen LogP contribution is 2.39. The van der Waals surface area contributed by atoms with Crippen LogP contribution in [0.1, 0.15) is 97.0 Å². The number of nitrogens with zero attached hydrogens (tertiary/aromatic N) is 2. The highest BCUT2D eigenvalue weighted by atomic mass is 16.5. The van der Waals surface area contributed by atoms with Crippen LogP contribution in [0.25, 0.3) is 11.0 Å². The average molecular weight is 512 g/mol. The van der Waals surface area contributed by atoms with Crippen LogP contribution in [0.2, 0.25) is 0 Å². The van der Waals surface area contributed by atoms with Crippen LogP contribution < -0.4 is 14.8 Å². The minimum atomic E-state index is -1.03. The van der Waals surface area contributed by atoms with Crippen LogP contribution in [0.5, 0.6) is 11.5 Å². The third-order valence-corrected chi connectivity index (χ3v) is 6.00. The lowest BCUT2D eigenvalue weighted by atomic mass is 9.87. The number of nitrogens with one attached hydrogen (secondary N) is 1. The van der Waals surface area contributed by atoms with Crippen molar-refractivity contribution in [2.75, 3.05) is 12.4 Å². The molecule has 1 aliphatic rings. The van der Waals surface area contributed by atoms with Gasteiger partial charge >= 0.3 is 5.97 Å². The summed E-state index contributed by atoms with van der Waals surface area (Å²) in [5.74, 6) is 1.47. The molecule has 2 unspecified atom stereocenters. The van der Waals surface area contributed by atoms with Gasteiger partial charge in [-0.1, -0.05) is 53.9 Å². The van der Waals surface area contributed by atoms with Crippen molar-refractivity contribution in [1.82, 2.24) is 9.55 Å². The fourth-order valence-corrected chi connectivity index (χ4v) is 4.57. The molecule has 204 valence electrons. The van der Waals surface area contributed by atoms with E-state index in [1.807, 2.05) is 52.0 Å². The van der Waals surface area contributed by atoms with E-state index in [1.165, 1.54) is 20.0 Å². The van der Waals surface area contributed by atoms with Crippen LogP contribution in [0, 0.1) is 5.92 Å². The molecular formula is C30H45N3O4. The van der Waals surface area contributed by atoms with E-state index < -0.39 is 5.97 Å². The maximum atomic E-state index is 11.7. The van der Waals surface area contributed by atoms with Gasteiger partial charge in [-0.05, 0) is 62.9 Å². The summed E-state index contributed by atoms with van der Waals surface area (Å²) in [7, 11) is 1.50. The summed E-state index contributed by atoms with van der Waals surface area (Å²) in [6.07, 6.45) is 5.88. The number of carboxylic acids is 1. The molecule has 1 aliphatic carbocycles. The van der Waals surface area contributed by atoms with Crippen molar-refractivity contribution < 1.29 is 19.4 Å². The summed E-state index contributed by atoms with van der Waals surface area (Å²) >= 11 is 0. The molecule has 1 fully saturated rings. The minimum Gasteiger partial charge on any atom is -0.496 e. The first-order valence-electron chi connectivity index (χ1n) is 13.6. The van der Waals surface area contributed by atoms with E-state index in [-0.39, 0.29) is 17.7 Å². The third kappa shape index (κ3) is 7.88. The van der Waals surface area contributed by atoms with Crippen LogP contribution in [-0.2, 0) is 0 Å². The maximum Gasteiger partial charge on any atom is 0.339 e. The Morgan fingerprint density at radius 2 is 1.81 bits per heavy atom. The SMILES string of the molecule is CC.CCC.COc1cc2c(cc1C(=O)O)nc(Nc1ccc(OC(C)C)cc1)n2C1CCCC(C)C1. The minimum absolute atomic E-state index is 0.114. The van der Waals surface area contributed by atoms with Crippen molar-refractivity contribution in [3.63, 3.8) is 0 Å². The zero-order valence-electron chi connectivity index (χ0n) is 23.8. The molecule has 1 saturated carbocycles. The zero-order chi connectivity index (χ0) is 27.5. The average Bonchev–Trinajstić information content (AvgIpc) is 3.22. The largest absolute Gasteiger partial charge is 0.496 e. The predicted molar refractivity (Wildman–Crippen MR) is 153 cm³/mol. The third-order valence-electron chi connectivity index (χ3n) is 6.00. The Labute approximate surface area is 222 Å². The van der Waals surface area contributed by atoms with Crippen LogP contribution in [0.4, 0.5) is 11.6 Å². The highest BCUT2D eigenvalue weighted by molar-refractivity contribution is 5.96. The molecule has 2 atom stereocenters. The molecule has 2 N–H and O–H groups in total. The van der Waals surface area contributed by atoms with Gasteiger partial charge in [0, 0.05) is 17.8 Å². The molecule has 0 aliphatic heterocycles. The fourth-order valence-electron chi connectivity index (χ4n) is 4.57. The molecular weight excluding hydrogens is 466 g/mol. The monoisotopic (exact) mass is 511 g/mol. The Morgan fingerprint density at radius 3 is 2.35 bits per heavy atom. The number of hydrogen-bond donors (Lipinski definition) is 2. The van der Waals surface area contributed by atoms with E-state index in [4.69, 9.17) is 14.5 Å². The lowest BCUT2D eigenvalue weighted by molar-refractivity contribution is 0.0693. The smallest absolute Gasteiger partial charge is 0.339 e. The second kappa shape index (κ2) is 14.5. The second-order valence-electron chi connectivity index (χ2n) is 9.60. The number of rotatable bonds is 7. The van der Waals surface area contributed by atoms with Gasteiger partial charge in [-0.25, -0.2) is 9.78 Å². The van der Waals surface area contributed by atoms with E-state index in [2.05, 4.69) is 30.7 Å². The van der Waals surface area contributed by atoms with Gasteiger partial charge in [-0.2, -0.15) is 0 Å². The Bertz CT molecular complexity index is 1120. The lowest BCUT2D eigenvalue weighted by Gasteiger charge is -2.29. The van der Waals surface area contributed by atoms with E-state index in [0.29, 0.717) is 23.1 Å². The summed E-state index contributed by atoms with van der Waals surface area (Å²) in [5.41, 5.74) is 2.53. The number of anilines is 2. The molecule has 4 rings (SSSR count). The molecule has 7 nitrogen and oxygen atoms in total. The summed E-state index contributed by atoms with van der Waals surface area (Å²) in [6.45, 7) is 14.5. The molecule has 0 radical (unpaired) electrons. The van der Waals surface area contributed by atoms with Gasteiger partial charge in [0.05, 0.1) is 24.2 Å². The van der Waals surface area contributed by atoms with Crippen LogP contribution in [-0.4, -0.2) is 33.8 Å². The van der Waals surface area contributed by atoms with Crippen LogP contribution in [0.3, 0.4) is 0 Å². The summed E-state index contributed by atoms with van der Waals surface area (Å²) in [4.78, 5) is 16.5. The van der Waals surface area contributed by atoms with Gasteiger partial charge in [-0.15, -0.1) is 0 Å². The van der Waals surface area contributed by atoms with Crippen molar-refractivity contribution in [3.05, 3.63) is 42.0 Å². The van der Waals surface area contributed by atoms with E-state index in [1.54, 1.807) is 12.1 Å².